The first-order chi connectivity index (χ1) is 10.1. The number of hydrogen-bond donors (Lipinski definition) is 2. The van der Waals surface area contributed by atoms with E-state index >= 15 is 0 Å². The summed E-state index contributed by atoms with van der Waals surface area (Å²) in [6, 6.07) is 5.36. The van der Waals surface area contributed by atoms with Crippen molar-refractivity contribution in [3.8, 4) is 5.75 Å². The standard InChI is InChI=1S/C13H16N4O4/c1-16-10-3-2-8(4-11(10)20-7-12(16)15-19)17-6-9(5-14)21-13(17)18/h2-4,9,19H,5-7,14H2,1H3/t9-/m1/s1. The summed E-state index contributed by atoms with van der Waals surface area (Å²) in [5.74, 6) is 1.03. The molecule has 3 N–H and O–H groups in total. The minimum Gasteiger partial charge on any atom is -0.483 e. The first-order valence-electron chi connectivity index (χ1n) is 6.53. The van der Waals surface area contributed by atoms with Gasteiger partial charge < -0.3 is 25.3 Å². The summed E-state index contributed by atoms with van der Waals surface area (Å²) < 4.78 is 10.7. The maximum Gasteiger partial charge on any atom is 0.414 e. The molecule has 0 saturated carbocycles. The van der Waals surface area contributed by atoms with E-state index < -0.39 is 6.09 Å². The van der Waals surface area contributed by atoms with Crippen molar-refractivity contribution in [3.05, 3.63) is 18.2 Å². The fourth-order valence-corrected chi connectivity index (χ4v) is 2.39. The zero-order chi connectivity index (χ0) is 15.0. The minimum atomic E-state index is -0.410. The van der Waals surface area contributed by atoms with Gasteiger partial charge in [0.15, 0.2) is 5.84 Å². The molecule has 0 unspecified atom stereocenters. The minimum absolute atomic E-state index is 0.166. The van der Waals surface area contributed by atoms with Crippen LogP contribution in [0.2, 0.25) is 0 Å². The van der Waals surface area contributed by atoms with Crippen LogP contribution >= 0.6 is 0 Å². The summed E-state index contributed by atoms with van der Waals surface area (Å²) in [4.78, 5) is 15.1. The first kappa shape index (κ1) is 13.5. The number of amides is 1. The lowest BCUT2D eigenvalue weighted by molar-refractivity contribution is 0.145. The first-order valence-corrected chi connectivity index (χ1v) is 6.53. The van der Waals surface area contributed by atoms with E-state index in [1.807, 2.05) is 0 Å². The third-order valence-corrected chi connectivity index (χ3v) is 3.61. The largest absolute Gasteiger partial charge is 0.483 e. The molecule has 2 aliphatic heterocycles. The van der Waals surface area contributed by atoms with Gasteiger partial charge in [-0.15, -0.1) is 0 Å². The van der Waals surface area contributed by atoms with Crippen LogP contribution < -0.4 is 20.3 Å². The Balaban J connectivity index is 1.89. The number of ether oxygens (including phenoxy) is 2. The second-order valence-corrected chi connectivity index (χ2v) is 4.87. The van der Waals surface area contributed by atoms with Crippen LogP contribution in [-0.4, -0.2) is 50.0 Å². The van der Waals surface area contributed by atoms with E-state index in [4.69, 9.17) is 20.4 Å². The van der Waals surface area contributed by atoms with Gasteiger partial charge in [0, 0.05) is 19.7 Å². The lowest BCUT2D eigenvalue weighted by Crippen LogP contribution is -2.36. The monoisotopic (exact) mass is 292 g/mol. The van der Waals surface area contributed by atoms with E-state index in [9.17, 15) is 4.79 Å². The van der Waals surface area contributed by atoms with Crippen LogP contribution in [0.3, 0.4) is 0 Å². The Morgan fingerprint density at radius 2 is 2.33 bits per heavy atom. The molecule has 0 spiro atoms. The Hall–Kier alpha value is -2.48. The van der Waals surface area contributed by atoms with E-state index in [0.717, 1.165) is 5.69 Å². The Morgan fingerprint density at radius 3 is 3.00 bits per heavy atom. The molecule has 0 radical (unpaired) electrons. The van der Waals surface area contributed by atoms with Gasteiger partial charge in [0.1, 0.15) is 18.5 Å². The second-order valence-electron chi connectivity index (χ2n) is 4.87. The molecule has 8 nitrogen and oxygen atoms in total. The fraction of sp³-hybridized carbons (Fsp3) is 0.385. The van der Waals surface area contributed by atoms with Gasteiger partial charge in [-0.1, -0.05) is 5.16 Å². The maximum absolute atomic E-state index is 11.8. The average molecular weight is 292 g/mol. The van der Waals surface area contributed by atoms with Crippen LogP contribution in [0.25, 0.3) is 0 Å². The van der Waals surface area contributed by atoms with Crippen molar-refractivity contribution in [2.75, 3.05) is 36.5 Å². The van der Waals surface area contributed by atoms with Gasteiger partial charge in [-0.2, -0.15) is 0 Å². The number of rotatable bonds is 2. The maximum atomic E-state index is 11.8. The number of likely N-dealkylation sites (N-methyl/N-ethyl adjacent to an activating group) is 1. The van der Waals surface area contributed by atoms with Crippen molar-refractivity contribution in [1.29, 1.82) is 0 Å². The Kier molecular flexibility index (Phi) is 3.30. The number of nitrogens with two attached hydrogens (primary N) is 1. The van der Waals surface area contributed by atoms with Crippen LogP contribution in [0, 0.1) is 0 Å². The zero-order valence-electron chi connectivity index (χ0n) is 11.5. The summed E-state index contributed by atoms with van der Waals surface area (Å²) in [5.41, 5.74) is 6.98. The molecule has 21 heavy (non-hydrogen) atoms. The van der Waals surface area contributed by atoms with Crippen molar-refractivity contribution in [2.24, 2.45) is 10.9 Å². The molecule has 1 aromatic carbocycles. The topological polar surface area (TPSA) is 101 Å². The van der Waals surface area contributed by atoms with E-state index in [2.05, 4.69) is 5.16 Å². The highest BCUT2D eigenvalue weighted by molar-refractivity contribution is 6.01. The summed E-state index contributed by atoms with van der Waals surface area (Å²) in [7, 11) is 1.78. The highest BCUT2D eigenvalue weighted by atomic mass is 16.6. The van der Waals surface area contributed by atoms with Crippen LogP contribution in [0.4, 0.5) is 16.2 Å². The predicted octanol–water partition coefficient (Wildman–Crippen LogP) is 0.587. The van der Waals surface area contributed by atoms with Crippen LogP contribution in [0.5, 0.6) is 5.75 Å². The number of nitrogens with zero attached hydrogens (tertiary/aromatic N) is 3. The quantitative estimate of drug-likeness (QED) is 0.611. The number of anilines is 2. The Bertz CT molecular complexity index is 604. The number of cyclic esters (lactones) is 1. The summed E-state index contributed by atoms with van der Waals surface area (Å²) in [5, 5.41) is 12.1. The van der Waals surface area contributed by atoms with Gasteiger partial charge in [-0.25, -0.2) is 4.79 Å². The van der Waals surface area contributed by atoms with Crippen LogP contribution in [0.1, 0.15) is 0 Å². The smallest absolute Gasteiger partial charge is 0.414 e. The second kappa shape index (κ2) is 5.13. The number of oxime groups is 1. The van der Waals surface area contributed by atoms with Crippen molar-refractivity contribution in [1.82, 2.24) is 0 Å². The van der Waals surface area contributed by atoms with Crippen molar-refractivity contribution < 1.29 is 19.5 Å². The molecule has 0 aromatic heterocycles. The number of hydrogen-bond acceptors (Lipinski definition) is 6. The third-order valence-electron chi connectivity index (χ3n) is 3.61. The molecule has 2 heterocycles. The lowest BCUT2D eigenvalue weighted by Gasteiger charge is -2.28. The molecule has 1 amide bonds. The molecular weight excluding hydrogens is 276 g/mol. The van der Waals surface area contributed by atoms with E-state index in [-0.39, 0.29) is 12.7 Å². The molecule has 1 atom stereocenters. The number of amidine groups is 1. The molecule has 8 heteroatoms. The molecule has 1 fully saturated rings. The third kappa shape index (κ3) is 2.23. The Morgan fingerprint density at radius 1 is 1.52 bits per heavy atom. The van der Waals surface area contributed by atoms with Gasteiger partial charge in [-0.3, -0.25) is 4.90 Å². The highest BCUT2D eigenvalue weighted by Gasteiger charge is 2.32. The fourth-order valence-electron chi connectivity index (χ4n) is 2.39. The normalized spacial score (nSPS) is 23.0. The van der Waals surface area contributed by atoms with Gasteiger partial charge >= 0.3 is 6.09 Å². The molecule has 112 valence electrons. The molecular formula is C13H16N4O4. The molecule has 1 aromatic rings. The van der Waals surface area contributed by atoms with Gasteiger partial charge in [0.05, 0.1) is 17.9 Å². The van der Waals surface area contributed by atoms with E-state index in [0.29, 0.717) is 30.4 Å². The summed E-state index contributed by atoms with van der Waals surface area (Å²) in [6.45, 7) is 0.884. The van der Waals surface area contributed by atoms with E-state index in [1.54, 1.807) is 30.1 Å². The van der Waals surface area contributed by atoms with E-state index in [1.165, 1.54) is 4.90 Å². The molecule has 3 rings (SSSR count). The number of fused-ring (bicyclic) bond motifs is 1. The van der Waals surface area contributed by atoms with Crippen LogP contribution in [0.15, 0.2) is 23.4 Å². The van der Waals surface area contributed by atoms with Crippen molar-refractivity contribution in [3.63, 3.8) is 0 Å². The number of benzene rings is 1. The van der Waals surface area contributed by atoms with Gasteiger partial charge in [0.2, 0.25) is 0 Å². The van der Waals surface area contributed by atoms with Gasteiger partial charge in [-0.05, 0) is 12.1 Å². The number of carbonyl (C=O) groups is 1. The molecule has 2 aliphatic rings. The lowest BCUT2D eigenvalue weighted by atomic mass is 10.2. The Labute approximate surface area is 121 Å². The molecule has 0 bridgehead atoms. The average Bonchev–Trinajstić information content (AvgIpc) is 2.88. The van der Waals surface area contributed by atoms with Crippen molar-refractivity contribution in [2.45, 2.75) is 6.10 Å². The SMILES string of the molecule is CN1C(=NO)COc2cc(N3C[C@@H](CN)OC3=O)ccc21. The predicted molar refractivity (Wildman–Crippen MR) is 76.2 cm³/mol. The van der Waals surface area contributed by atoms with Gasteiger partial charge in [0.25, 0.3) is 0 Å². The highest BCUT2D eigenvalue weighted by Crippen LogP contribution is 2.36. The summed E-state index contributed by atoms with van der Waals surface area (Å²) in [6.07, 6.45) is -0.697. The van der Waals surface area contributed by atoms with Crippen LogP contribution in [-0.2, 0) is 4.74 Å². The molecule has 1 saturated heterocycles. The zero-order valence-corrected chi connectivity index (χ0v) is 11.5. The summed E-state index contributed by atoms with van der Waals surface area (Å²) >= 11 is 0. The number of carbonyl (C=O) groups excluding carboxylic acids is 1. The molecule has 0 aliphatic carbocycles. The van der Waals surface area contributed by atoms with Crippen molar-refractivity contribution >= 4 is 23.3 Å².